The van der Waals surface area contributed by atoms with Gasteiger partial charge in [0.2, 0.25) is 26.0 Å². The monoisotopic (exact) mass is 698 g/mol. The minimum atomic E-state index is -4.85. The number of aromatic nitrogens is 1. The maximum absolute atomic E-state index is 15.0. The van der Waals surface area contributed by atoms with Crippen LogP contribution >= 0.6 is 0 Å². The number of carbonyl (C=O) groups is 1. The zero-order valence-electron chi connectivity index (χ0n) is 25.8. The van der Waals surface area contributed by atoms with Crippen LogP contribution in [0.3, 0.4) is 0 Å². The Kier molecular flexibility index (Phi) is 10.8. The molecule has 0 saturated heterocycles. The third-order valence-corrected chi connectivity index (χ3v) is 7.57. The number of amides is 1. The molecule has 2 aromatic carbocycles. The fraction of sp³-hybridized carbons (Fsp3) is 0.290. The molecule has 1 heterocycles. The van der Waals surface area contributed by atoms with E-state index in [-0.39, 0.29) is 40.2 Å². The summed E-state index contributed by atoms with van der Waals surface area (Å²) < 4.78 is 122. The van der Waals surface area contributed by atoms with Crippen LogP contribution in [0.4, 0.5) is 33.3 Å². The van der Waals surface area contributed by atoms with E-state index in [1.165, 1.54) is 12.1 Å². The van der Waals surface area contributed by atoms with Crippen molar-refractivity contribution >= 4 is 43.4 Å². The van der Waals surface area contributed by atoms with Crippen molar-refractivity contribution < 1.29 is 43.6 Å². The van der Waals surface area contributed by atoms with Crippen molar-refractivity contribution in [1.82, 2.24) is 10.3 Å². The summed E-state index contributed by atoms with van der Waals surface area (Å²) in [7, 11) is -7.72. The Morgan fingerprint density at radius 1 is 0.936 bits per heavy atom. The van der Waals surface area contributed by atoms with Crippen LogP contribution in [0.5, 0.6) is 0 Å². The van der Waals surface area contributed by atoms with Gasteiger partial charge in [0.05, 0.1) is 35.0 Å². The van der Waals surface area contributed by atoms with E-state index in [1.807, 2.05) is 9.44 Å². The molecule has 3 N–H and O–H groups in total. The maximum atomic E-state index is 15.0. The average Bonchev–Trinajstić information content (AvgIpc) is 2.91. The van der Waals surface area contributed by atoms with E-state index in [0.717, 1.165) is 49.0 Å². The smallest absolute Gasteiger partial charge is 0.348 e. The summed E-state index contributed by atoms with van der Waals surface area (Å²) in [6.07, 6.45) is 3.66. The van der Waals surface area contributed by atoms with Crippen molar-refractivity contribution in [3.05, 3.63) is 93.3 Å². The van der Waals surface area contributed by atoms with Gasteiger partial charge in [-0.05, 0) is 47.5 Å². The highest BCUT2D eigenvalue weighted by atomic mass is 32.2. The molecule has 0 radical (unpaired) electrons. The summed E-state index contributed by atoms with van der Waals surface area (Å²) in [5, 5.41) is 2.47. The Morgan fingerprint density at radius 3 is 2.09 bits per heavy atom. The molecule has 9 nitrogen and oxygen atoms in total. The summed E-state index contributed by atoms with van der Waals surface area (Å²) in [5.74, 6) is -0.809. The first kappa shape index (κ1) is 37.0. The molecule has 16 heteroatoms. The number of hydrogen-bond acceptors (Lipinski definition) is 6. The van der Waals surface area contributed by atoms with E-state index >= 15 is 4.39 Å². The van der Waals surface area contributed by atoms with Crippen molar-refractivity contribution in [3.63, 3.8) is 0 Å². The van der Waals surface area contributed by atoms with Crippen LogP contribution in [-0.4, -0.2) is 40.2 Å². The fourth-order valence-electron chi connectivity index (χ4n) is 4.26. The zero-order valence-corrected chi connectivity index (χ0v) is 27.4. The number of anilines is 2. The number of benzene rings is 2. The quantitative estimate of drug-likeness (QED) is 0.149. The van der Waals surface area contributed by atoms with Crippen molar-refractivity contribution in [2.75, 3.05) is 22.0 Å². The van der Waals surface area contributed by atoms with Crippen molar-refractivity contribution in [1.29, 1.82) is 0 Å². The SMILES string of the molecule is C#Cc1cc(CC(=Cc2cnc(C(C)(C)C)cc2C(F)(F)F)C(=O)NCc2ccc(NS(C)(=O)=O)c(F)c2)cc(F)c1NS(C)(=O)=O. The number of sulfonamides is 2. The number of rotatable bonds is 10. The van der Waals surface area contributed by atoms with Crippen molar-refractivity contribution in [2.24, 2.45) is 0 Å². The standard InChI is InChI=1S/C31H31F5N4O5S2/c1-7-20-10-19(13-25(33)28(20)40-47(6,44)45)11-21(14-22-17-37-27(30(2,3)4)15-23(22)31(34,35)36)29(41)38-16-18-8-9-26(24(32)12-18)39-46(5,42)43/h1,8-10,12-15,17,39-40H,11,16H2,2-6H3,(H,38,41). The van der Waals surface area contributed by atoms with Crippen LogP contribution in [0.15, 0.2) is 48.2 Å². The summed E-state index contributed by atoms with van der Waals surface area (Å²) in [6.45, 7) is 4.70. The highest BCUT2D eigenvalue weighted by molar-refractivity contribution is 7.92. The average molecular weight is 699 g/mol. The Morgan fingerprint density at radius 2 is 1.55 bits per heavy atom. The van der Waals surface area contributed by atoms with Crippen LogP contribution in [0.25, 0.3) is 6.08 Å². The van der Waals surface area contributed by atoms with Crippen molar-refractivity contribution in [2.45, 2.75) is 45.3 Å². The minimum Gasteiger partial charge on any atom is -0.348 e. The van der Waals surface area contributed by atoms with Gasteiger partial charge in [0.1, 0.15) is 11.6 Å². The minimum absolute atomic E-state index is 0.0194. The van der Waals surface area contributed by atoms with Gasteiger partial charge in [0, 0.05) is 41.4 Å². The number of halogens is 5. The van der Waals surface area contributed by atoms with Gasteiger partial charge in [-0.25, -0.2) is 25.6 Å². The molecule has 1 amide bonds. The molecule has 252 valence electrons. The lowest BCUT2D eigenvalue weighted by Gasteiger charge is -2.21. The number of nitrogens with zero attached hydrogens (tertiary/aromatic N) is 1. The van der Waals surface area contributed by atoms with Crippen LogP contribution in [0.2, 0.25) is 0 Å². The summed E-state index contributed by atoms with van der Waals surface area (Å²) in [4.78, 5) is 17.6. The molecule has 1 aromatic heterocycles. The summed E-state index contributed by atoms with van der Waals surface area (Å²) >= 11 is 0. The van der Waals surface area contributed by atoms with E-state index in [2.05, 4.69) is 16.2 Å². The predicted octanol–water partition coefficient (Wildman–Crippen LogP) is 5.34. The van der Waals surface area contributed by atoms with E-state index in [4.69, 9.17) is 6.42 Å². The molecule has 0 unspecified atom stereocenters. The number of pyridine rings is 1. The third-order valence-electron chi connectivity index (χ3n) is 6.40. The molecular formula is C31H31F5N4O5S2. The topological polar surface area (TPSA) is 134 Å². The number of alkyl halides is 3. The normalized spacial score (nSPS) is 12.7. The molecule has 0 aliphatic carbocycles. The van der Waals surface area contributed by atoms with Gasteiger partial charge in [-0.15, -0.1) is 6.42 Å². The van der Waals surface area contributed by atoms with E-state index in [1.54, 1.807) is 20.8 Å². The van der Waals surface area contributed by atoms with Crippen molar-refractivity contribution in [3.8, 4) is 12.3 Å². The molecule has 0 atom stereocenters. The number of hydrogen-bond donors (Lipinski definition) is 3. The largest absolute Gasteiger partial charge is 0.417 e. The Hall–Kier alpha value is -4.49. The highest BCUT2D eigenvalue weighted by Crippen LogP contribution is 2.36. The predicted molar refractivity (Wildman–Crippen MR) is 169 cm³/mol. The van der Waals surface area contributed by atoms with Gasteiger partial charge in [-0.3, -0.25) is 19.2 Å². The summed E-state index contributed by atoms with van der Waals surface area (Å²) in [6, 6.07) is 6.35. The summed E-state index contributed by atoms with van der Waals surface area (Å²) in [5.41, 5.74) is -3.34. The second-order valence-corrected chi connectivity index (χ2v) is 15.1. The van der Waals surface area contributed by atoms with Gasteiger partial charge in [0.15, 0.2) is 0 Å². The fourth-order valence-corrected chi connectivity index (χ4v) is 5.40. The van der Waals surface area contributed by atoms with Gasteiger partial charge < -0.3 is 5.32 Å². The number of terminal acetylenes is 1. The lowest BCUT2D eigenvalue weighted by atomic mass is 9.89. The van der Waals surface area contributed by atoms with Crippen LogP contribution in [0.1, 0.15) is 54.3 Å². The van der Waals surface area contributed by atoms with Crippen LogP contribution in [-0.2, 0) is 49.4 Å². The van der Waals surface area contributed by atoms with Gasteiger partial charge in [-0.2, -0.15) is 13.2 Å². The second kappa shape index (κ2) is 13.7. The third kappa shape index (κ3) is 10.5. The van der Waals surface area contributed by atoms with Gasteiger partial charge >= 0.3 is 6.18 Å². The molecule has 47 heavy (non-hydrogen) atoms. The Labute approximate surface area is 269 Å². The van der Waals surface area contributed by atoms with Gasteiger partial charge in [0.25, 0.3) is 0 Å². The number of carbonyl (C=O) groups excluding carboxylic acids is 1. The lowest BCUT2D eigenvalue weighted by Crippen LogP contribution is -2.26. The van der Waals surface area contributed by atoms with E-state index in [0.29, 0.717) is 0 Å². The molecule has 0 spiro atoms. The lowest BCUT2D eigenvalue weighted by molar-refractivity contribution is -0.137. The molecule has 0 fully saturated rings. The second-order valence-electron chi connectivity index (χ2n) is 11.6. The Balaban J connectivity index is 2.09. The molecular weight excluding hydrogens is 667 g/mol. The Bertz CT molecular complexity index is 2000. The molecule has 3 aromatic rings. The molecule has 3 rings (SSSR count). The van der Waals surface area contributed by atoms with E-state index < -0.39 is 72.4 Å². The first-order valence-corrected chi connectivity index (χ1v) is 17.3. The molecule has 0 aliphatic heterocycles. The molecule has 0 bridgehead atoms. The first-order valence-electron chi connectivity index (χ1n) is 13.6. The first-order chi connectivity index (χ1) is 21.5. The van der Waals surface area contributed by atoms with E-state index in [9.17, 15) is 39.2 Å². The molecule has 0 saturated carbocycles. The zero-order chi connectivity index (χ0) is 35.5. The van der Waals surface area contributed by atoms with Crippen LogP contribution in [0, 0.1) is 24.0 Å². The van der Waals surface area contributed by atoms with Gasteiger partial charge in [-0.1, -0.05) is 32.8 Å². The van der Waals surface area contributed by atoms with Crippen LogP contribution < -0.4 is 14.8 Å². The number of nitrogens with one attached hydrogen (secondary N) is 3. The molecule has 0 aliphatic rings. The highest BCUT2D eigenvalue weighted by Gasteiger charge is 2.35. The maximum Gasteiger partial charge on any atom is 0.417 e.